The van der Waals surface area contributed by atoms with Crippen molar-refractivity contribution in [1.82, 2.24) is 14.3 Å². The first-order chi connectivity index (χ1) is 9.94. The Balaban J connectivity index is 2.06. The number of nitrogens with two attached hydrogens (primary N) is 1. The third kappa shape index (κ3) is 3.66. The van der Waals surface area contributed by atoms with Crippen LogP contribution in [0.2, 0.25) is 0 Å². The molecule has 3 N–H and O–H groups in total. The van der Waals surface area contributed by atoms with E-state index >= 15 is 0 Å². The fraction of sp³-hybridized carbons (Fsp3) is 0.308. The standard InChI is InChI=1S/C13H17FN4O2S/c1-18-7-6-16-13(18)4-5-17-21(19,20)11-2-3-12(14)10(8-11)9-15/h2-3,6-8,17H,4-5,9,15H2,1H3. The average molecular weight is 312 g/mol. The summed E-state index contributed by atoms with van der Waals surface area (Å²) in [5.74, 6) is 0.268. The van der Waals surface area contributed by atoms with Crippen molar-refractivity contribution in [1.29, 1.82) is 0 Å². The van der Waals surface area contributed by atoms with Crippen molar-refractivity contribution in [2.45, 2.75) is 17.9 Å². The molecule has 0 bridgehead atoms. The second-order valence-electron chi connectivity index (χ2n) is 4.56. The Bertz CT molecular complexity index is 728. The molecule has 2 rings (SSSR count). The Hall–Kier alpha value is -1.77. The summed E-state index contributed by atoms with van der Waals surface area (Å²) in [6, 6.07) is 3.57. The lowest BCUT2D eigenvalue weighted by Gasteiger charge is -2.08. The molecule has 6 nitrogen and oxygen atoms in total. The van der Waals surface area contributed by atoms with Crippen molar-refractivity contribution in [2.75, 3.05) is 6.54 Å². The molecular weight excluding hydrogens is 295 g/mol. The second kappa shape index (κ2) is 6.33. The van der Waals surface area contributed by atoms with Crippen LogP contribution in [0.25, 0.3) is 0 Å². The van der Waals surface area contributed by atoms with Gasteiger partial charge in [0.15, 0.2) is 0 Å². The maximum absolute atomic E-state index is 13.3. The summed E-state index contributed by atoms with van der Waals surface area (Å²) in [6.07, 6.45) is 3.91. The van der Waals surface area contributed by atoms with E-state index in [0.717, 1.165) is 11.9 Å². The van der Waals surface area contributed by atoms with Gasteiger partial charge in [0.05, 0.1) is 4.90 Å². The van der Waals surface area contributed by atoms with Crippen LogP contribution in [-0.4, -0.2) is 24.5 Å². The van der Waals surface area contributed by atoms with Gasteiger partial charge in [-0.3, -0.25) is 0 Å². The molecule has 0 aliphatic heterocycles. The number of imidazole rings is 1. The SMILES string of the molecule is Cn1ccnc1CCNS(=O)(=O)c1ccc(F)c(CN)c1. The zero-order valence-corrected chi connectivity index (χ0v) is 12.4. The van der Waals surface area contributed by atoms with E-state index in [1.54, 1.807) is 12.4 Å². The number of hydrogen-bond donors (Lipinski definition) is 2. The summed E-state index contributed by atoms with van der Waals surface area (Å²) in [5.41, 5.74) is 5.55. The van der Waals surface area contributed by atoms with Gasteiger partial charge in [0, 0.05) is 44.5 Å². The van der Waals surface area contributed by atoms with Gasteiger partial charge in [-0.25, -0.2) is 22.5 Å². The van der Waals surface area contributed by atoms with E-state index in [2.05, 4.69) is 9.71 Å². The van der Waals surface area contributed by atoms with Gasteiger partial charge < -0.3 is 10.3 Å². The molecule has 1 aromatic heterocycles. The Labute approximate surface area is 122 Å². The molecule has 0 saturated carbocycles. The van der Waals surface area contributed by atoms with Crippen LogP contribution < -0.4 is 10.5 Å². The number of rotatable bonds is 6. The highest BCUT2D eigenvalue weighted by Gasteiger charge is 2.15. The van der Waals surface area contributed by atoms with Crippen molar-refractivity contribution in [3.63, 3.8) is 0 Å². The summed E-state index contributed by atoms with van der Waals surface area (Å²) in [5, 5.41) is 0. The zero-order chi connectivity index (χ0) is 15.5. The fourth-order valence-electron chi connectivity index (χ4n) is 1.89. The Morgan fingerprint density at radius 2 is 2.19 bits per heavy atom. The van der Waals surface area contributed by atoms with Crippen LogP contribution in [-0.2, 0) is 30.0 Å². The molecule has 1 aromatic carbocycles. The van der Waals surface area contributed by atoms with Crippen molar-refractivity contribution in [3.05, 3.63) is 47.8 Å². The van der Waals surface area contributed by atoms with Gasteiger partial charge >= 0.3 is 0 Å². The van der Waals surface area contributed by atoms with Crippen LogP contribution in [0, 0.1) is 5.82 Å². The molecule has 0 unspecified atom stereocenters. The maximum Gasteiger partial charge on any atom is 0.240 e. The number of aromatic nitrogens is 2. The van der Waals surface area contributed by atoms with Crippen molar-refractivity contribution < 1.29 is 12.8 Å². The number of aryl methyl sites for hydroxylation is 1. The van der Waals surface area contributed by atoms with Gasteiger partial charge in [-0.05, 0) is 18.2 Å². The first-order valence-corrected chi connectivity index (χ1v) is 7.86. The number of nitrogens with one attached hydrogen (secondary N) is 1. The highest BCUT2D eigenvalue weighted by Crippen LogP contribution is 2.14. The number of halogens is 1. The van der Waals surface area contributed by atoms with Crippen LogP contribution in [0.4, 0.5) is 4.39 Å². The largest absolute Gasteiger partial charge is 0.338 e. The molecule has 0 aliphatic rings. The van der Waals surface area contributed by atoms with E-state index in [1.807, 2.05) is 11.6 Å². The summed E-state index contributed by atoms with van der Waals surface area (Å²) < 4.78 is 41.9. The third-order valence-corrected chi connectivity index (χ3v) is 4.57. The lowest BCUT2D eigenvalue weighted by atomic mass is 10.2. The van der Waals surface area contributed by atoms with Gasteiger partial charge in [-0.15, -0.1) is 0 Å². The van der Waals surface area contributed by atoms with Crippen molar-refractivity contribution >= 4 is 10.0 Å². The molecule has 0 aliphatic carbocycles. The predicted molar refractivity (Wildman–Crippen MR) is 76.4 cm³/mol. The van der Waals surface area contributed by atoms with Crippen molar-refractivity contribution in [2.24, 2.45) is 12.8 Å². The van der Waals surface area contributed by atoms with E-state index in [1.165, 1.54) is 12.1 Å². The number of hydrogen-bond acceptors (Lipinski definition) is 4. The van der Waals surface area contributed by atoms with Gasteiger partial charge in [0.2, 0.25) is 10.0 Å². The average Bonchev–Trinajstić information content (AvgIpc) is 2.84. The second-order valence-corrected chi connectivity index (χ2v) is 6.33. The first-order valence-electron chi connectivity index (χ1n) is 6.38. The van der Waals surface area contributed by atoms with E-state index in [0.29, 0.717) is 6.42 Å². The van der Waals surface area contributed by atoms with Crippen LogP contribution in [0.5, 0.6) is 0 Å². The minimum atomic E-state index is -3.68. The van der Waals surface area contributed by atoms with E-state index < -0.39 is 15.8 Å². The molecule has 21 heavy (non-hydrogen) atoms. The minimum absolute atomic E-state index is 0.00388. The van der Waals surface area contributed by atoms with E-state index in [-0.39, 0.29) is 23.5 Å². The lowest BCUT2D eigenvalue weighted by Crippen LogP contribution is -2.27. The highest BCUT2D eigenvalue weighted by atomic mass is 32.2. The molecule has 0 atom stereocenters. The number of benzene rings is 1. The summed E-state index contributed by atoms with van der Waals surface area (Å²) in [7, 11) is -1.85. The van der Waals surface area contributed by atoms with Gasteiger partial charge in [-0.1, -0.05) is 0 Å². The molecule has 0 radical (unpaired) electrons. The maximum atomic E-state index is 13.3. The van der Waals surface area contributed by atoms with Gasteiger partial charge in [0.25, 0.3) is 0 Å². The fourth-order valence-corrected chi connectivity index (χ4v) is 2.97. The summed E-state index contributed by atoms with van der Waals surface area (Å²) in [4.78, 5) is 4.11. The molecule has 2 aromatic rings. The minimum Gasteiger partial charge on any atom is -0.338 e. The number of sulfonamides is 1. The molecule has 8 heteroatoms. The van der Waals surface area contributed by atoms with Crippen LogP contribution in [0.1, 0.15) is 11.4 Å². The van der Waals surface area contributed by atoms with Gasteiger partial charge in [-0.2, -0.15) is 0 Å². The number of nitrogens with zero attached hydrogens (tertiary/aromatic N) is 2. The Morgan fingerprint density at radius 3 is 2.81 bits per heavy atom. The van der Waals surface area contributed by atoms with E-state index in [4.69, 9.17) is 5.73 Å². The summed E-state index contributed by atoms with van der Waals surface area (Å²) >= 11 is 0. The zero-order valence-electron chi connectivity index (χ0n) is 11.6. The molecule has 0 spiro atoms. The van der Waals surface area contributed by atoms with Crippen LogP contribution in [0.3, 0.4) is 0 Å². The summed E-state index contributed by atoms with van der Waals surface area (Å²) in [6.45, 7) is 0.158. The lowest BCUT2D eigenvalue weighted by molar-refractivity contribution is 0.578. The molecule has 0 saturated heterocycles. The smallest absolute Gasteiger partial charge is 0.240 e. The molecule has 0 fully saturated rings. The first kappa shape index (κ1) is 15.6. The monoisotopic (exact) mass is 312 g/mol. The van der Waals surface area contributed by atoms with Crippen LogP contribution in [0.15, 0.2) is 35.5 Å². The van der Waals surface area contributed by atoms with E-state index in [9.17, 15) is 12.8 Å². The molecular formula is C13H17FN4O2S. The molecule has 0 amide bonds. The highest BCUT2D eigenvalue weighted by molar-refractivity contribution is 7.89. The normalized spacial score (nSPS) is 11.8. The quantitative estimate of drug-likeness (QED) is 0.814. The van der Waals surface area contributed by atoms with Gasteiger partial charge in [0.1, 0.15) is 11.6 Å². The topological polar surface area (TPSA) is 90.0 Å². The third-order valence-electron chi connectivity index (χ3n) is 3.11. The van der Waals surface area contributed by atoms with Crippen molar-refractivity contribution in [3.8, 4) is 0 Å². The molecule has 114 valence electrons. The Morgan fingerprint density at radius 1 is 1.43 bits per heavy atom. The molecule has 1 heterocycles. The predicted octanol–water partition coefficient (Wildman–Crippen LogP) is 0.539. The Kier molecular flexibility index (Phi) is 4.71. The van der Waals surface area contributed by atoms with Crippen LogP contribution >= 0.6 is 0 Å².